The zero-order valence-electron chi connectivity index (χ0n) is 10.5. The van der Waals surface area contributed by atoms with Crippen molar-refractivity contribution in [1.82, 2.24) is 9.55 Å². The van der Waals surface area contributed by atoms with Crippen LogP contribution in [0.4, 0.5) is 5.95 Å². The van der Waals surface area contributed by atoms with E-state index < -0.39 is 0 Å². The summed E-state index contributed by atoms with van der Waals surface area (Å²) >= 11 is 6.28. The second-order valence-corrected chi connectivity index (χ2v) is 5.02. The highest BCUT2D eigenvalue weighted by molar-refractivity contribution is 6.35. The quantitative estimate of drug-likeness (QED) is 0.902. The summed E-state index contributed by atoms with van der Waals surface area (Å²) in [5.41, 5.74) is 7.82. The van der Waals surface area contributed by atoms with Crippen LogP contribution in [0.15, 0.2) is 18.2 Å². The second kappa shape index (κ2) is 4.22. The molecule has 3 nitrogen and oxygen atoms in total. The highest BCUT2D eigenvalue weighted by Crippen LogP contribution is 2.35. The summed E-state index contributed by atoms with van der Waals surface area (Å²) in [5.74, 6) is 0.541. The molecule has 0 fully saturated rings. The van der Waals surface area contributed by atoms with Gasteiger partial charge in [0.15, 0.2) is 0 Å². The van der Waals surface area contributed by atoms with E-state index in [9.17, 15) is 0 Å². The van der Waals surface area contributed by atoms with E-state index in [0.717, 1.165) is 23.9 Å². The number of rotatable bonds is 3. The fourth-order valence-corrected chi connectivity index (χ4v) is 2.47. The average molecular weight is 252 g/mol. The van der Waals surface area contributed by atoms with Crippen LogP contribution in [0.3, 0.4) is 0 Å². The summed E-state index contributed by atoms with van der Waals surface area (Å²) in [5, 5.41) is 0.708. The molecular weight excluding hydrogens is 234 g/mol. The Balaban J connectivity index is 2.80. The Morgan fingerprint density at radius 1 is 1.35 bits per heavy atom. The topological polar surface area (TPSA) is 43.8 Å². The predicted molar refractivity (Wildman–Crippen MR) is 73.4 cm³/mol. The van der Waals surface area contributed by atoms with Crippen LogP contribution in [0, 0.1) is 0 Å². The molecule has 0 unspecified atom stereocenters. The molecule has 1 heterocycles. The minimum Gasteiger partial charge on any atom is -0.369 e. The maximum Gasteiger partial charge on any atom is 0.201 e. The Morgan fingerprint density at radius 3 is 2.59 bits per heavy atom. The SMILES string of the molecule is CCC(C)(CC)n1c(N)nc2cccc(Cl)c21. The van der Waals surface area contributed by atoms with Gasteiger partial charge in [-0.3, -0.25) is 0 Å². The van der Waals surface area contributed by atoms with Gasteiger partial charge in [-0.05, 0) is 31.9 Å². The van der Waals surface area contributed by atoms with E-state index in [1.807, 2.05) is 18.2 Å². The van der Waals surface area contributed by atoms with Crippen LogP contribution in [0.1, 0.15) is 33.6 Å². The number of aromatic nitrogens is 2. The van der Waals surface area contributed by atoms with Crippen LogP contribution >= 0.6 is 11.6 Å². The monoisotopic (exact) mass is 251 g/mol. The molecule has 0 saturated heterocycles. The smallest absolute Gasteiger partial charge is 0.201 e. The summed E-state index contributed by atoms with van der Waals surface area (Å²) in [6.07, 6.45) is 1.98. The van der Waals surface area contributed by atoms with Gasteiger partial charge >= 0.3 is 0 Å². The molecule has 0 aliphatic rings. The van der Waals surface area contributed by atoms with Crippen LogP contribution in [0.25, 0.3) is 11.0 Å². The zero-order chi connectivity index (χ0) is 12.6. The molecule has 0 aliphatic heterocycles. The number of hydrogen-bond donors (Lipinski definition) is 1. The number of benzene rings is 1. The van der Waals surface area contributed by atoms with E-state index in [0.29, 0.717) is 11.0 Å². The molecule has 0 aliphatic carbocycles. The molecular formula is C13H18ClN3. The van der Waals surface area contributed by atoms with Gasteiger partial charge in [-0.25, -0.2) is 4.98 Å². The van der Waals surface area contributed by atoms with E-state index in [1.165, 1.54) is 0 Å². The van der Waals surface area contributed by atoms with E-state index >= 15 is 0 Å². The van der Waals surface area contributed by atoms with Crippen LogP contribution in [0.2, 0.25) is 5.02 Å². The lowest BCUT2D eigenvalue weighted by molar-refractivity contribution is 0.307. The Hall–Kier alpha value is -1.22. The summed E-state index contributed by atoms with van der Waals surface area (Å²) in [4.78, 5) is 4.39. The molecule has 1 aromatic carbocycles. The fourth-order valence-electron chi connectivity index (χ4n) is 2.22. The number of fused-ring (bicyclic) bond motifs is 1. The first-order valence-corrected chi connectivity index (χ1v) is 6.34. The number of hydrogen-bond acceptors (Lipinski definition) is 2. The normalized spacial score (nSPS) is 12.2. The van der Waals surface area contributed by atoms with Crippen molar-refractivity contribution in [3.05, 3.63) is 23.2 Å². The molecule has 2 N–H and O–H groups in total. The maximum absolute atomic E-state index is 6.28. The molecule has 4 heteroatoms. The minimum absolute atomic E-state index is 0.0379. The largest absolute Gasteiger partial charge is 0.369 e. The molecule has 1 aromatic heterocycles. The standard InChI is InChI=1S/C13H18ClN3/c1-4-13(3,5-2)17-11-9(14)7-6-8-10(11)16-12(17)15/h6-8H,4-5H2,1-3H3,(H2,15,16). The number of nitrogens with two attached hydrogens (primary N) is 1. The van der Waals surface area contributed by atoms with Crippen molar-refractivity contribution in [2.75, 3.05) is 5.73 Å². The zero-order valence-corrected chi connectivity index (χ0v) is 11.3. The van der Waals surface area contributed by atoms with Crippen molar-refractivity contribution in [2.24, 2.45) is 0 Å². The summed E-state index contributed by atoms with van der Waals surface area (Å²) in [6.45, 7) is 6.51. The van der Waals surface area contributed by atoms with Gasteiger partial charge in [-0.15, -0.1) is 0 Å². The van der Waals surface area contributed by atoms with Crippen LogP contribution in [0.5, 0.6) is 0 Å². The third kappa shape index (κ3) is 1.78. The number of nitrogens with zero attached hydrogens (tertiary/aromatic N) is 2. The Bertz CT molecular complexity index is 541. The van der Waals surface area contributed by atoms with E-state index in [4.69, 9.17) is 17.3 Å². The van der Waals surface area contributed by atoms with E-state index in [1.54, 1.807) is 0 Å². The van der Waals surface area contributed by atoms with Gasteiger partial charge in [0.2, 0.25) is 5.95 Å². The number of nitrogen functional groups attached to an aromatic ring is 1. The Morgan fingerprint density at radius 2 is 2.00 bits per heavy atom. The van der Waals surface area contributed by atoms with Gasteiger partial charge in [-0.2, -0.15) is 0 Å². The molecule has 0 saturated carbocycles. The average Bonchev–Trinajstić information content (AvgIpc) is 2.66. The van der Waals surface area contributed by atoms with Crippen molar-refractivity contribution in [1.29, 1.82) is 0 Å². The van der Waals surface area contributed by atoms with Gasteiger partial charge in [0.1, 0.15) is 0 Å². The molecule has 0 bridgehead atoms. The highest BCUT2D eigenvalue weighted by Gasteiger charge is 2.27. The third-order valence-corrected chi connectivity index (χ3v) is 4.02. The lowest BCUT2D eigenvalue weighted by Crippen LogP contribution is -2.29. The highest BCUT2D eigenvalue weighted by atomic mass is 35.5. The van der Waals surface area contributed by atoms with Crippen LogP contribution in [-0.4, -0.2) is 9.55 Å². The van der Waals surface area contributed by atoms with Gasteiger partial charge in [0, 0.05) is 5.54 Å². The summed E-state index contributed by atoms with van der Waals surface area (Å²) in [6, 6.07) is 5.73. The second-order valence-electron chi connectivity index (χ2n) is 4.62. The molecule has 2 aromatic rings. The molecule has 0 atom stereocenters. The van der Waals surface area contributed by atoms with Crippen molar-refractivity contribution in [2.45, 2.75) is 39.2 Å². The van der Waals surface area contributed by atoms with E-state index in [-0.39, 0.29) is 5.54 Å². The lowest BCUT2D eigenvalue weighted by Gasteiger charge is -2.30. The van der Waals surface area contributed by atoms with Gasteiger partial charge in [0.25, 0.3) is 0 Å². The number of halogens is 1. The number of anilines is 1. The number of para-hydroxylation sites is 1. The first-order valence-electron chi connectivity index (χ1n) is 5.96. The van der Waals surface area contributed by atoms with Crippen molar-refractivity contribution in [3.8, 4) is 0 Å². The van der Waals surface area contributed by atoms with Crippen molar-refractivity contribution >= 4 is 28.6 Å². The molecule has 2 rings (SSSR count). The summed E-state index contributed by atoms with van der Waals surface area (Å²) in [7, 11) is 0. The molecule has 0 radical (unpaired) electrons. The van der Waals surface area contributed by atoms with Crippen molar-refractivity contribution in [3.63, 3.8) is 0 Å². The fraction of sp³-hybridized carbons (Fsp3) is 0.462. The minimum atomic E-state index is -0.0379. The molecule has 0 spiro atoms. The van der Waals surface area contributed by atoms with Crippen LogP contribution in [-0.2, 0) is 5.54 Å². The van der Waals surface area contributed by atoms with E-state index in [2.05, 4.69) is 30.3 Å². The third-order valence-electron chi connectivity index (χ3n) is 3.72. The van der Waals surface area contributed by atoms with Crippen molar-refractivity contribution < 1.29 is 0 Å². The van der Waals surface area contributed by atoms with Gasteiger partial charge in [0.05, 0.1) is 16.1 Å². The Labute approximate surface area is 107 Å². The molecule has 0 amide bonds. The maximum atomic E-state index is 6.28. The van der Waals surface area contributed by atoms with Crippen LogP contribution < -0.4 is 5.73 Å². The van der Waals surface area contributed by atoms with Gasteiger partial charge in [-0.1, -0.05) is 31.5 Å². The lowest BCUT2D eigenvalue weighted by atomic mass is 9.95. The molecule has 92 valence electrons. The molecule has 17 heavy (non-hydrogen) atoms. The first-order chi connectivity index (χ1) is 8.03. The summed E-state index contributed by atoms with van der Waals surface area (Å²) < 4.78 is 2.07. The van der Waals surface area contributed by atoms with Gasteiger partial charge < -0.3 is 10.3 Å². The predicted octanol–water partition coefficient (Wildman–Crippen LogP) is 3.81. The number of imidazole rings is 1. The first kappa shape index (κ1) is 12.2. The Kier molecular flexibility index (Phi) is 3.04.